The lowest BCUT2D eigenvalue weighted by atomic mass is 10.2. The summed E-state index contributed by atoms with van der Waals surface area (Å²) in [6.45, 7) is 6.27. The van der Waals surface area contributed by atoms with Crippen molar-refractivity contribution in [1.29, 1.82) is 0 Å². The van der Waals surface area contributed by atoms with Gasteiger partial charge in [-0.2, -0.15) is 0 Å². The van der Waals surface area contributed by atoms with Gasteiger partial charge in [0.2, 0.25) is 0 Å². The molecule has 1 aromatic rings. The van der Waals surface area contributed by atoms with Gasteiger partial charge in [-0.15, -0.1) is 0 Å². The fraction of sp³-hybridized carbons (Fsp3) is 0.533. The molecule has 1 rings (SSSR count). The highest BCUT2D eigenvalue weighted by molar-refractivity contribution is 9.10. The minimum atomic E-state index is -0.527. The van der Waals surface area contributed by atoms with Crippen LogP contribution in [0.5, 0.6) is 5.75 Å². The third-order valence-corrected chi connectivity index (χ3v) is 3.80. The van der Waals surface area contributed by atoms with Crippen LogP contribution in [0.15, 0.2) is 22.7 Å². The van der Waals surface area contributed by atoms with Crippen LogP contribution in [-0.2, 0) is 11.3 Å². The number of hydrogen-bond donors (Lipinski definition) is 2. The van der Waals surface area contributed by atoms with Crippen LogP contribution in [0.1, 0.15) is 39.2 Å². The molecule has 0 heterocycles. The smallest absolute Gasteiger partial charge is 0.260 e. The molecule has 0 fully saturated rings. The monoisotopic (exact) mass is 342 g/mol. The van der Waals surface area contributed by atoms with Gasteiger partial charge in [0.25, 0.3) is 5.91 Å². The predicted molar refractivity (Wildman–Crippen MR) is 84.6 cm³/mol. The second-order valence-electron chi connectivity index (χ2n) is 4.92. The van der Waals surface area contributed by atoms with E-state index in [1.807, 2.05) is 25.1 Å². The highest BCUT2D eigenvalue weighted by atomic mass is 79.9. The van der Waals surface area contributed by atoms with E-state index in [1.165, 1.54) is 0 Å². The van der Waals surface area contributed by atoms with E-state index in [2.05, 4.69) is 28.2 Å². The highest BCUT2D eigenvalue weighted by Crippen LogP contribution is 2.23. The summed E-state index contributed by atoms with van der Waals surface area (Å²) in [6, 6.07) is 5.72. The number of amides is 1. The third-order valence-electron chi connectivity index (χ3n) is 3.03. The van der Waals surface area contributed by atoms with Gasteiger partial charge in [0, 0.05) is 17.1 Å². The van der Waals surface area contributed by atoms with E-state index < -0.39 is 6.10 Å². The fourth-order valence-electron chi connectivity index (χ4n) is 1.90. The molecular formula is C15H23BrN2O2. The molecule has 2 unspecified atom stereocenters. The van der Waals surface area contributed by atoms with Crippen LogP contribution in [0, 0.1) is 0 Å². The first-order chi connectivity index (χ1) is 9.47. The third kappa shape index (κ3) is 5.13. The Balaban J connectivity index is 2.61. The maximum absolute atomic E-state index is 12.0. The molecule has 0 saturated heterocycles. The van der Waals surface area contributed by atoms with E-state index >= 15 is 0 Å². The zero-order valence-electron chi connectivity index (χ0n) is 12.3. The van der Waals surface area contributed by atoms with E-state index in [0.717, 1.165) is 22.9 Å². The molecule has 1 aromatic carbocycles. The average molecular weight is 343 g/mol. The van der Waals surface area contributed by atoms with Crippen molar-refractivity contribution in [2.24, 2.45) is 5.73 Å². The Hall–Kier alpha value is -1.07. The van der Waals surface area contributed by atoms with Gasteiger partial charge in [-0.3, -0.25) is 4.79 Å². The lowest BCUT2D eigenvalue weighted by molar-refractivity contribution is -0.127. The molecule has 0 aliphatic rings. The molecule has 20 heavy (non-hydrogen) atoms. The van der Waals surface area contributed by atoms with E-state index in [9.17, 15) is 4.79 Å². The number of hydrogen-bond acceptors (Lipinski definition) is 3. The van der Waals surface area contributed by atoms with Crippen molar-refractivity contribution in [3.8, 4) is 5.75 Å². The average Bonchev–Trinajstić information content (AvgIpc) is 2.41. The maximum atomic E-state index is 12.0. The van der Waals surface area contributed by atoms with Gasteiger partial charge in [0.15, 0.2) is 6.10 Å². The van der Waals surface area contributed by atoms with Gasteiger partial charge in [-0.1, -0.05) is 29.3 Å². The molecule has 3 N–H and O–H groups in total. The fourth-order valence-corrected chi connectivity index (χ4v) is 2.31. The van der Waals surface area contributed by atoms with Gasteiger partial charge in [-0.05, 0) is 44.0 Å². The number of rotatable bonds is 7. The van der Waals surface area contributed by atoms with E-state index in [1.54, 1.807) is 6.92 Å². The standard InChI is InChI=1S/C15H23BrN2O2/c1-4-5-10(2)18-15(19)11(3)20-13-6-7-14(16)12(8-13)9-17/h6-8,10-11H,4-5,9,17H2,1-3H3,(H,18,19). The number of ether oxygens (including phenoxy) is 1. The first-order valence-electron chi connectivity index (χ1n) is 6.93. The SMILES string of the molecule is CCCC(C)NC(=O)C(C)Oc1ccc(Br)c(CN)c1. The zero-order chi connectivity index (χ0) is 15.1. The Bertz CT molecular complexity index is 451. The molecule has 0 spiro atoms. The van der Waals surface area contributed by atoms with E-state index in [0.29, 0.717) is 12.3 Å². The van der Waals surface area contributed by atoms with Crippen LogP contribution < -0.4 is 15.8 Å². The number of benzene rings is 1. The number of halogens is 1. The molecule has 0 aliphatic carbocycles. The first-order valence-corrected chi connectivity index (χ1v) is 7.72. The quantitative estimate of drug-likeness (QED) is 0.800. The molecule has 0 saturated carbocycles. The minimum absolute atomic E-state index is 0.0943. The van der Waals surface area contributed by atoms with Crippen LogP contribution >= 0.6 is 15.9 Å². The van der Waals surface area contributed by atoms with Gasteiger partial charge >= 0.3 is 0 Å². The molecular weight excluding hydrogens is 320 g/mol. The van der Waals surface area contributed by atoms with Crippen LogP contribution in [0.3, 0.4) is 0 Å². The predicted octanol–water partition coefficient (Wildman–Crippen LogP) is 2.98. The molecule has 0 aliphatic heterocycles. The van der Waals surface area contributed by atoms with Crippen molar-refractivity contribution in [2.75, 3.05) is 0 Å². The summed E-state index contributed by atoms with van der Waals surface area (Å²) in [6.07, 6.45) is 1.48. The summed E-state index contributed by atoms with van der Waals surface area (Å²) in [5, 5.41) is 2.94. The molecule has 5 heteroatoms. The second-order valence-corrected chi connectivity index (χ2v) is 5.77. The summed E-state index contributed by atoms with van der Waals surface area (Å²) < 4.78 is 6.61. The zero-order valence-corrected chi connectivity index (χ0v) is 13.9. The number of nitrogens with two attached hydrogens (primary N) is 1. The van der Waals surface area contributed by atoms with Crippen LogP contribution in [-0.4, -0.2) is 18.1 Å². The highest BCUT2D eigenvalue weighted by Gasteiger charge is 2.16. The molecule has 112 valence electrons. The molecule has 4 nitrogen and oxygen atoms in total. The Morgan fingerprint density at radius 1 is 1.45 bits per heavy atom. The largest absolute Gasteiger partial charge is 0.481 e. The van der Waals surface area contributed by atoms with Crippen LogP contribution in [0.25, 0.3) is 0 Å². The number of carbonyl (C=O) groups excluding carboxylic acids is 1. The summed E-state index contributed by atoms with van der Waals surface area (Å²) in [5.74, 6) is 0.558. The van der Waals surface area contributed by atoms with Crippen molar-refractivity contribution >= 4 is 21.8 Å². The summed E-state index contributed by atoms with van der Waals surface area (Å²) in [5.41, 5.74) is 6.60. The van der Waals surface area contributed by atoms with Crippen LogP contribution in [0.4, 0.5) is 0 Å². The number of carbonyl (C=O) groups is 1. The molecule has 1 amide bonds. The normalized spacial score (nSPS) is 13.7. The van der Waals surface area contributed by atoms with Crippen LogP contribution in [0.2, 0.25) is 0 Å². The topological polar surface area (TPSA) is 64.3 Å². The number of nitrogens with one attached hydrogen (secondary N) is 1. The van der Waals surface area contributed by atoms with E-state index in [4.69, 9.17) is 10.5 Å². The van der Waals surface area contributed by atoms with Gasteiger partial charge in [-0.25, -0.2) is 0 Å². The lowest BCUT2D eigenvalue weighted by Crippen LogP contribution is -2.41. The Morgan fingerprint density at radius 2 is 2.15 bits per heavy atom. The summed E-state index contributed by atoms with van der Waals surface area (Å²) in [7, 11) is 0. The Kier molecular flexibility index (Phi) is 7.02. The summed E-state index contributed by atoms with van der Waals surface area (Å²) in [4.78, 5) is 12.0. The molecule has 0 aromatic heterocycles. The van der Waals surface area contributed by atoms with Gasteiger partial charge < -0.3 is 15.8 Å². The molecule has 0 radical (unpaired) electrons. The van der Waals surface area contributed by atoms with Crippen molar-refractivity contribution < 1.29 is 9.53 Å². The van der Waals surface area contributed by atoms with Crippen molar-refractivity contribution in [3.63, 3.8) is 0 Å². The summed E-state index contributed by atoms with van der Waals surface area (Å²) >= 11 is 3.42. The van der Waals surface area contributed by atoms with Crippen molar-refractivity contribution in [2.45, 2.75) is 52.3 Å². The van der Waals surface area contributed by atoms with Crippen molar-refractivity contribution in [3.05, 3.63) is 28.2 Å². The van der Waals surface area contributed by atoms with Gasteiger partial charge in [0.1, 0.15) is 5.75 Å². The Morgan fingerprint density at radius 3 is 2.75 bits per heavy atom. The second kappa shape index (κ2) is 8.27. The Labute approximate surface area is 129 Å². The van der Waals surface area contributed by atoms with E-state index in [-0.39, 0.29) is 11.9 Å². The molecule has 2 atom stereocenters. The minimum Gasteiger partial charge on any atom is -0.481 e. The first kappa shape index (κ1) is 17.0. The van der Waals surface area contributed by atoms with Gasteiger partial charge in [0.05, 0.1) is 0 Å². The maximum Gasteiger partial charge on any atom is 0.260 e. The molecule has 0 bridgehead atoms. The van der Waals surface area contributed by atoms with Crippen molar-refractivity contribution in [1.82, 2.24) is 5.32 Å². The lowest BCUT2D eigenvalue weighted by Gasteiger charge is -2.18.